The molecular weight excluding hydrogens is 206 g/mol. The van der Waals surface area contributed by atoms with Crippen molar-refractivity contribution in [1.29, 1.82) is 0 Å². The van der Waals surface area contributed by atoms with Crippen LogP contribution in [0.2, 0.25) is 0 Å². The van der Waals surface area contributed by atoms with Crippen molar-refractivity contribution >= 4 is 12.8 Å². The van der Waals surface area contributed by atoms with Crippen LogP contribution in [0.3, 0.4) is 0 Å². The Balaban J connectivity index is 1.93. The van der Waals surface area contributed by atoms with E-state index in [2.05, 4.69) is 16.7 Å². The van der Waals surface area contributed by atoms with Crippen molar-refractivity contribution in [3.05, 3.63) is 30.1 Å². The number of nitrogens with zero attached hydrogens (tertiary/aromatic N) is 3. The van der Waals surface area contributed by atoms with Gasteiger partial charge in [0.1, 0.15) is 0 Å². The van der Waals surface area contributed by atoms with Gasteiger partial charge in [0.15, 0.2) is 0 Å². The second-order valence-corrected chi connectivity index (χ2v) is 3.67. The van der Waals surface area contributed by atoms with Crippen LogP contribution in [-0.4, -0.2) is 35.9 Å². The summed E-state index contributed by atoms with van der Waals surface area (Å²) in [5, 5.41) is 1.63. The molecule has 0 radical (unpaired) electrons. The predicted molar refractivity (Wildman–Crippen MR) is 59.2 cm³/mol. The highest BCUT2D eigenvalue weighted by atomic mass is 16.7. The van der Waals surface area contributed by atoms with E-state index in [1.165, 1.54) is 5.56 Å². The lowest BCUT2D eigenvalue weighted by atomic mass is 10.0. The largest absolute Gasteiger partial charge is 0.452 e. The average Bonchev–Trinajstić information content (AvgIpc) is 2.78. The standard InChI is InChI=1S/C11H13N3O2/c1-12-11(15)16-14-7-4-10(8-14)9-2-5-13-6-3-9/h2-3,5-6,10H,1,4,7-8H2. The summed E-state index contributed by atoms with van der Waals surface area (Å²) in [4.78, 5) is 23.0. The Morgan fingerprint density at radius 3 is 3.00 bits per heavy atom. The first kappa shape index (κ1) is 10.8. The predicted octanol–water partition coefficient (Wildman–Crippen LogP) is 1.62. The third-order valence-electron chi connectivity index (χ3n) is 2.66. The van der Waals surface area contributed by atoms with Crippen molar-refractivity contribution in [2.75, 3.05) is 13.1 Å². The summed E-state index contributed by atoms with van der Waals surface area (Å²) in [7, 11) is 0. The molecule has 16 heavy (non-hydrogen) atoms. The number of aliphatic imine (C=N–C) groups is 1. The Morgan fingerprint density at radius 1 is 1.56 bits per heavy atom. The molecule has 0 aliphatic carbocycles. The van der Waals surface area contributed by atoms with Gasteiger partial charge in [-0.1, -0.05) is 0 Å². The van der Waals surface area contributed by atoms with Gasteiger partial charge in [0.25, 0.3) is 0 Å². The monoisotopic (exact) mass is 219 g/mol. The molecule has 0 saturated carbocycles. The minimum absolute atomic E-state index is 0.389. The molecule has 1 atom stereocenters. The molecule has 0 bridgehead atoms. The van der Waals surface area contributed by atoms with Crippen molar-refractivity contribution < 1.29 is 9.63 Å². The maximum Gasteiger partial charge on any atom is 0.452 e. The van der Waals surface area contributed by atoms with Gasteiger partial charge in [-0.2, -0.15) is 4.99 Å². The Morgan fingerprint density at radius 2 is 2.31 bits per heavy atom. The summed E-state index contributed by atoms with van der Waals surface area (Å²) in [5.74, 6) is 0.389. The van der Waals surface area contributed by atoms with E-state index in [1.54, 1.807) is 17.5 Å². The summed E-state index contributed by atoms with van der Waals surface area (Å²) >= 11 is 0. The zero-order valence-electron chi connectivity index (χ0n) is 8.87. The van der Waals surface area contributed by atoms with Gasteiger partial charge in [-0.3, -0.25) is 4.98 Å². The van der Waals surface area contributed by atoms with Crippen molar-refractivity contribution in [1.82, 2.24) is 10.0 Å². The fourth-order valence-corrected chi connectivity index (χ4v) is 1.86. The first-order chi connectivity index (χ1) is 7.79. The van der Waals surface area contributed by atoms with Gasteiger partial charge in [-0.25, -0.2) is 4.79 Å². The molecule has 5 heteroatoms. The molecule has 1 aromatic heterocycles. The Hall–Kier alpha value is -1.75. The summed E-state index contributed by atoms with van der Waals surface area (Å²) in [6.07, 6.45) is 3.87. The molecule has 84 valence electrons. The van der Waals surface area contributed by atoms with E-state index < -0.39 is 6.09 Å². The van der Waals surface area contributed by atoms with Gasteiger partial charge < -0.3 is 4.84 Å². The average molecular weight is 219 g/mol. The fourth-order valence-electron chi connectivity index (χ4n) is 1.86. The molecule has 0 N–H and O–H groups in total. The summed E-state index contributed by atoms with van der Waals surface area (Å²) in [6.45, 7) is 4.55. The van der Waals surface area contributed by atoms with E-state index in [1.807, 2.05) is 12.1 Å². The summed E-state index contributed by atoms with van der Waals surface area (Å²) in [5.41, 5.74) is 1.22. The molecule has 1 aliphatic heterocycles. The van der Waals surface area contributed by atoms with Crippen LogP contribution in [0.1, 0.15) is 17.9 Å². The number of rotatable bonds is 2. The maximum atomic E-state index is 10.9. The highest BCUT2D eigenvalue weighted by Crippen LogP contribution is 2.26. The molecule has 5 nitrogen and oxygen atoms in total. The zero-order chi connectivity index (χ0) is 11.4. The molecular formula is C11H13N3O2. The first-order valence-electron chi connectivity index (χ1n) is 5.13. The number of hydrogen-bond acceptors (Lipinski definition) is 4. The highest BCUT2D eigenvalue weighted by molar-refractivity contribution is 5.72. The topological polar surface area (TPSA) is 54.8 Å². The minimum Gasteiger partial charge on any atom is -0.349 e. The van der Waals surface area contributed by atoms with Gasteiger partial charge in [0, 0.05) is 31.4 Å². The Labute approximate surface area is 93.7 Å². The van der Waals surface area contributed by atoms with Crippen LogP contribution in [0.25, 0.3) is 0 Å². The number of hydroxylamine groups is 2. The van der Waals surface area contributed by atoms with E-state index in [0.717, 1.165) is 13.0 Å². The van der Waals surface area contributed by atoms with E-state index >= 15 is 0 Å². The molecule has 0 aromatic carbocycles. The molecule has 1 saturated heterocycles. The first-order valence-corrected chi connectivity index (χ1v) is 5.13. The quantitative estimate of drug-likeness (QED) is 0.709. The lowest BCUT2D eigenvalue weighted by Crippen LogP contribution is -2.23. The number of amides is 1. The number of hydrogen-bond donors (Lipinski definition) is 0. The second kappa shape index (κ2) is 4.85. The third-order valence-corrected chi connectivity index (χ3v) is 2.66. The van der Waals surface area contributed by atoms with Gasteiger partial charge in [-0.05, 0) is 30.8 Å². The van der Waals surface area contributed by atoms with Crippen LogP contribution in [0.15, 0.2) is 29.5 Å². The van der Waals surface area contributed by atoms with Gasteiger partial charge in [-0.15, -0.1) is 5.06 Å². The third kappa shape index (κ3) is 2.43. The second-order valence-electron chi connectivity index (χ2n) is 3.67. The van der Waals surface area contributed by atoms with Crippen LogP contribution in [0.5, 0.6) is 0 Å². The molecule has 2 heterocycles. The normalized spacial score (nSPS) is 20.6. The molecule has 1 unspecified atom stereocenters. The molecule has 2 rings (SSSR count). The van der Waals surface area contributed by atoms with Crippen molar-refractivity contribution in [3.8, 4) is 0 Å². The smallest absolute Gasteiger partial charge is 0.349 e. The van der Waals surface area contributed by atoms with Gasteiger partial charge in [0.05, 0.1) is 0 Å². The van der Waals surface area contributed by atoms with Gasteiger partial charge >= 0.3 is 6.09 Å². The summed E-state index contributed by atoms with van der Waals surface area (Å²) < 4.78 is 0. The molecule has 1 aliphatic rings. The van der Waals surface area contributed by atoms with Gasteiger partial charge in [0.2, 0.25) is 0 Å². The van der Waals surface area contributed by atoms with Crippen LogP contribution >= 0.6 is 0 Å². The maximum absolute atomic E-state index is 10.9. The number of carbonyl (C=O) groups is 1. The van der Waals surface area contributed by atoms with E-state index in [9.17, 15) is 4.79 Å². The highest BCUT2D eigenvalue weighted by Gasteiger charge is 2.26. The van der Waals surface area contributed by atoms with Crippen molar-refractivity contribution in [2.45, 2.75) is 12.3 Å². The minimum atomic E-state index is -0.643. The molecule has 1 aromatic rings. The Bertz CT molecular complexity index is 380. The lowest BCUT2D eigenvalue weighted by molar-refractivity contribution is -0.0769. The van der Waals surface area contributed by atoms with Crippen molar-refractivity contribution in [2.24, 2.45) is 4.99 Å². The molecule has 0 spiro atoms. The van der Waals surface area contributed by atoms with E-state index in [4.69, 9.17) is 4.84 Å². The van der Waals surface area contributed by atoms with Crippen LogP contribution in [0.4, 0.5) is 4.79 Å². The van der Waals surface area contributed by atoms with Crippen LogP contribution < -0.4 is 0 Å². The van der Waals surface area contributed by atoms with Crippen molar-refractivity contribution in [3.63, 3.8) is 0 Å². The SMILES string of the molecule is C=NC(=O)ON1CCC(c2ccncc2)C1. The number of aromatic nitrogens is 1. The summed E-state index contributed by atoms with van der Waals surface area (Å²) in [6, 6.07) is 3.98. The Kier molecular flexibility index (Phi) is 3.26. The molecule has 1 amide bonds. The zero-order valence-corrected chi connectivity index (χ0v) is 8.87. The van der Waals surface area contributed by atoms with E-state index in [-0.39, 0.29) is 0 Å². The number of pyridine rings is 1. The number of carbonyl (C=O) groups excluding carboxylic acids is 1. The van der Waals surface area contributed by atoms with Crippen LogP contribution in [-0.2, 0) is 4.84 Å². The fraction of sp³-hybridized carbons (Fsp3) is 0.364. The lowest BCUT2D eigenvalue weighted by Gasteiger charge is -2.13. The van der Waals surface area contributed by atoms with E-state index in [0.29, 0.717) is 12.5 Å². The van der Waals surface area contributed by atoms with Crippen LogP contribution in [0, 0.1) is 0 Å². The molecule has 1 fully saturated rings.